The minimum Gasteiger partial charge on any atom is -0.504 e. The maximum atomic E-state index is 10.3. The highest BCUT2D eigenvalue weighted by Gasteiger charge is 2.11. The van der Waals surface area contributed by atoms with Crippen LogP contribution in [-0.2, 0) is 0 Å². The third kappa shape index (κ3) is 2.48. The molecule has 0 radical (unpaired) electrons. The molecule has 118 valence electrons. The molecule has 6 nitrogen and oxygen atoms in total. The Morgan fingerprint density at radius 2 is 1.96 bits per heavy atom. The Labute approximate surface area is 142 Å². The van der Waals surface area contributed by atoms with Gasteiger partial charge in [0.1, 0.15) is 11.2 Å². The molecule has 1 aromatic heterocycles. The second-order valence-electron chi connectivity index (χ2n) is 5.53. The summed E-state index contributed by atoms with van der Waals surface area (Å²) in [5.41, 5.74) is 3.69. The van der Waals surface area contributed by atoms with E-state index in [1.807, 2.05) is 37.3 Å². The number of azo groups is 1. The first kappa shape index (κ1) is 14.6. The molecule has 4 aromatic rings. The predicted octanol–water partition coefficient (Wildman–Crippen LogP) is 4.83. The van der Waals surface area contributed by atoms with Crippen LogP contribution in [0.15, 0.2) is 57.6 Å². The van der Waals surface area contributed by atoms with Gasteiger partial charge in [0, 0.05) is 10.3 Å². The van der Waals surface area contributed by atoms with E-state index in [-0.39, 0.29) is 5.75 Å². The van der Waals surface area contributed by atoms with Crippen LogP contribution in [0.1, 0.15) is 5.56 Å². The Morgan fingerprint density at radius 1 is 1.08 bits per heavy atom. The minimum absolute atomic E-state index is 0.0148. The van der Waals surface area contributed by atoms with Gasteiger partial charge in [0.2, 0.25) is 0 Å². The summed E-state index contributed by atoms with van der Waals surface area (Å²) in [5.74, 6) is 0.0148. The number of rotatable bonds is 2. The molecular formula is C17H13N5OS. The Bertz CT molecular complexity index is 1100. The zero-order valence-corrected chi connectivity index (χ0v) is 13.6. The molecule has 0 atom stereocenters. The van der Waals surface area contributed by atoms with Crippen LogP contribution in [-0.4, -0.2) is 20.5 Å². The summed E-state index contributed by atoms with van der Waals surface area (Å²) in [6.45, 7) is 2.01. The van der Waals surface area contributed by atoms with E-state index >= 15 is 0 Å². The van der Waals surface area contributed by atoms with E-state index in [0.717, 1.165) is 21.9 Å². The van der Waals surface area contributed by atoms with Crippen molar-refractivity contribution in [3.05, 3.63) is 48.0 Å². The van der Waals surface area contributed by atoms with Gasteiger partial charge < -0.3 is 5.11 Å². The van der Waals surface area contributed by atoms with Crippen molar-refractivity contribution in [3.8, 4) is 5.75 Å². The fourth-order valence-electron chi connectivity index (χ4n) is 2.58. The number of aromatic amines is 1. The van der Waals surface area contributed by atoms with E-state index in [0.29, 0.717) is 21.8 Å². The van der Waals surface area contributed by atoms with Gasteiger partial charge in [0.05, 0.1) is 11.2 Å². The quantitative estimate of drug-likeness (QED) is 0.362. The van der Waals surface area contributed by atoms with Crippen LogP contribution in [0.5, 0.6) is 5.75 Å². The van der Waals surface area contributed by atoms with Crippen LogP contribution in [0.25, 0.3) is 21.8 Å². The molecule has 0 aliphatic rings. The minimum atomic E-state index is 0.0148. The fraction of sp³-hybridized carbons (Fsp3) is 0.0588. The number of fused-ring (bicyclic) bond motifs is 2. The second kappa shape index (κ2) is 5.61. The van der Waals surface area contributed by atoms with Crippen molar-refractivity contribution in [2.24, 2.45) is 10.2 Å². The molecular weight excluding hydrogens is 322 g/mol. The number of nitrogens with one attached hydrogen (secondary N) is 1. The summed E-state index contributed by atoms with van der Waals surface area (Å²) in [7, 11) is 0. The molecule has 0 unspecified atom stereocenters. The lowest BCUT2D eigenvalue weighted by atomic mass is 10.1. The van der Waals surface area contributed by atoms with Crippen LogP contribution in [0, 0.1) is 6.92 Å². The van der Waals surface area contributed by atoms with Crippen molar-refractivity contribution in [2.45, 2.75) is 11.8 Å². The summed E-state index contributed by atoms with van der Waals surface area (Å²) < 4.78 is 0. The molecule has 24 heavy (non-hydrogen) atoms. The van der Waals surface area contributed by atoms with Gasteiger partial charge in [-0.1, -0.05) is 29.0 Å². The summed E-state index contributed by atoms with van der Waals surface area (Å²) in [6.07, 6.45) is 0. The SMILES string of the molecule is Cc1ccc2c(/N=N/c3ccc4[nH]nnc4c3)c(O)c(S)cc2c1. The van der Waals surface area contributed by atoms with Crippen molar-refractivity contribution in [1.82, 2.24) is 15.4 Å². The summed E-state index contributed by atoms with van der Waals surface area (Å²) >= 11 is 4.32. The van der Waals surface area contributed by atoms with Crippen LogP contribution >= 0.6 is 12.6 Å². The van der Waals surface area contributed by atoms with E-state index < -0.39 is 0 Å². The summed E-state index contributed by atoms with van der Waals surface area (Å²) in [4.78, 5) is 0.467. The molecule has 3 aromatic carbocycles. The van der Waals surface area contributed by atoms with E-state index in [1.165, 1.54) is 0 Å². The molecule has 0 amide bonds. The summed E-state index contributed by atoms with van der Waals surface area (Å²) in [5, 5.41) is 31.1. The first-order valence-corrected chi connectivity index (χ1v) is 7.74. The van der Waals surface area contributed by atoms with E-state index in [4.69, 9.17) is 0 Å². The van der Waals surface area contributed by atoms with E-state index in [1.54, 1.807) is 12.1 Å². The number of hydrogen-bond acceptors (Lipinski definition) is 6. The van der Waals surface area contributed by atoms with Crippen LogP contribution in [0.3, 0.4) is 0 Å². The molecule has 7 heteroatoms. The number of phenolic OH excluding ortho intramolecular Hbond substituents is 1. The zero-order chi connectivity index (χ0) is 16.7. The van der Waals surface area contributed by atoms with Crippen LogP contribution < -0.4 is 0 Å². The highest BCUT2D eigenvalue weighted by molar-refractivity contribution is 7.80. The lowest BCUT2D eigenvalue weighted by molar-refractivity contribution is 0.465. The number of hydrogen-bond donors (Lipinski definition) is 3. The molecule has 2 N–H and O–H groups in total. The maximum Gasteiger partial charge on any atom is 0.157 e. The highest BCUT2D eigenvalue weighted by Crippen LogP contribution is 2.41. The number of benzene rings is 3. The van der Waals surface area contributed by atoms with Crippen molar-refractivity contribution in [1.29, 1.82) is 0 Å². The lowest BCUT2D eigenvalue weighted by Gasteiger charge is -2.07. The topological polar surface area (TPSA) is 86.5 Å². The predicted molar refractivity (Wildman–Crippen MR) is 95.7 cm³/mol. The molecule has 0 saturated heterocycles. The first-order chi connectivity index (χ1) is 11.6. The number of aryl methyl sites for hydroxylation is 1. The number of phenols is 1. The lowest BCUT2D eigenvalue weighted by Crippen LogP contribution is -1.80. The van der Waals surface area contributed by atoms with Crippen molar-refractivity contribution < 1.29 is 5.11 Å². The number of aromatic hydroxyl groups is 1. The molecule has 0 fully saturated rings. The molecule has 1 heterocycles. The third-order valence-corrected chi connectivity index (χ3v) is 4.14. The molecule has 0 bridgehead atoms. The van der Waals surface area contributed by atoms with Gasteiger partial charge in [0.25, 0.3) is 0 Å². The molecule has 0 spiro atoms. The normalized spacial score (nSPS) is 11.8. The number of aromatic nitrogens is 3. The van der Waals surface area contributed by atoms with Crippen LogP contribution in [0.4, 0.5) is 11.4 Å². The number of nitrogens with zero attached hydrogens (tertiary/aromatic N) is 4. The van der Waals surface area contributed by atoms with Crippen LogP contribution in [0.2, 0.25) is 0 Å². The van der Waals surface area contributed by atoms with Gasteiger partial charge in [0.15, 0.2) is 5.75 Å². The van der Waals surface area contributed by atoms with Gasteiger partial charge in [-0.2, -0.15) is 5.11 Å². The monoisotopic (exact) mass is 335 g/mol. The standard InChI is InChI=1S/C17H13N5OS/c1-9-2-4-12-10(6-9)7-15(24)17(23)16(12)21-18-11-3-5-13-14(8-11)20-22-19-13/h2-8,23-24H,1H3,(H,19,20,22)/b21-18+. The molecule has 4 rings (SSSR count). The van der Waals surface area contributed by atoms with E-state index in [2.05, 4.69) is 38.3 Å². The largest absolute Gasteiger partial charge is 0.504 e. The maximum absolute atomic E-state index is 10.3. The number of H-pyrrole nitrogens is 1. The Hall–Kier alpha value is -2.93. The number of thiol groups is 1. The molecule has 0 aliphatic carbocycles. The van der Waals surface area contributed by atoms with E-state index in [9.17, 15) is 5.11 Å². The molecule has 0 saturated carbocycles. The van der Waals surface area contributed by atoms with Gasteiger partial charge in [-0.3, -0.25) is 5.10 Å². The Morgan fingerprint density at radius 3 is 2.83 bits per heavy atom. The second-order valence-corrected chi connectivity index (χ2v) is 6.01. The van der Waals surface area contributed by atoms with Crippen molar-refractivity contribution >= 4 is 45.8 Å². The van der Waals surface area contributed by atoms with Gasteiger partial charge in [-0.25, -0.2) is 0 Å². The van der Waals surface area contributed by atoms with Crippen molar-refractivity contribution in [2.75, 3.05) is 0 Å². The zero-order valence-electron chi connectivity index (χ0n) is 12.7. The average Bonchev–Trinajstić information content (AvgIpc) is 3.03. The summed E-state index contributed by atoms with van der Waals surface area (Å²) in [6, 6.07) is 13.2. The third-order valence-electron chi connectivity index (χ3n) is 3.80. The Kier molecular flexibility index (Phi) is 3.42. The van der Waals surface area contributed by atoms with Gasteiger partial charge >= 0.3 is 0 Å². The van der Waals surface area contributed by atoms with Gasteiger partial charge in [-0.15, -0.1) is 22.8 Å². The highest BCUT2D eigenvalue weighted by atomic mass is 32.1. The molecule has 0 aliphatic heterocycles. The van der Waals surface area contributed by atoms with Gasteiger partial charge in [-0.05, 0) is 36.6 Å². The average molecular weight is 335 g/mol. The smallest absolute Gasteiger partial charge is 0.157 e. The first-order valence-electron chi connectivity index (χ1n) is 7.30. The van der Waals surface area contributed by atoms with Crippen molar-refractivity contribution in [3.63, 3.8) is 0 Å². The fourth-order valence-corrected chi connectivity index (χ4v) is 2.83. The Balaban J connectivity index is 1.84.